The number of carbonyl (C=O) groups is 1. The standard InChI is InChI=1S/C25H26N6O3/c1-15(2)33-25(32)30-17-8-6-16(7-9-17)23-22(26)20-12-19(34-24-28-13-27-14-29-24)10-11-21(20)31(23)18-4-3-5-18/h6-15,18H,3-5,26H2,1-2H3,(H,30,32). The molecule has 2 aromatic heterocycles. The van der Waals surface area contributed by atoms with Crippen molar-refractivity contribution in [1.82, 2.24) is 19.5 Å². The van der Waals surface area contributed by atoms with Gasteiger partial charge in [-0.15, -0.1) is 0 Å². The lowest BCUT2D eigenvalue weighted by atomic mass is 9.92. The van der Waals surface area contributed by atoms with Gasteiger partial charge in [0.05, 0.1) is 23.0 Å². The van der Waals surface area contributed by atoms with Crippen LogP contribution < -0.4 is 15.8 Å². The second kappa shape index (κ2) is 9.01. The maximum atomic E-state index is 11.9. The maximum Gasteiger partial charge on any atom is 0.411 e. The molecule has 0 atom stereocenters. The number of nitrogens with two attached hydrogens (primary N) is 1. The summed E-state index contributed by atoms with van der Waals surface area (Å²) in [5, 5.41) is 3.66. The lowest BCUT2D eigenvalue weighted by Crippen LogP contribution is -2.18. The number of nitrogens with one attached hydrogen (secondary N) is 1. The number of hydrogen-bond donors (Lipinski definition) is 2. The van der Waals surface area contributed by atoms with Crippen molar-refractivity contribution in [2.75, 3.05) is 11.1 Å². The highest BCUT2D eigenvalue weighted by Gasteiger charge is 2.27. The lowest BCUT2D eigenvalue weighted by molar-refractivity contribution is 0.130. The van der Waals surface area contributed by atoms with Gasteiger partial charge in [0.1, 0.15) is 18.4 Å². The van der Waals surface area contributed by atoms with Crippen molar-refractivity contribution in [2.24, 2.45) is 0 Å². The Morgan fingerprint density at radius 3 is 2.50 bits per heavy atom. The van der Waals surface area contributed by atoms with Gasteiger partial charge in [0.15, 0.2) is 0 Å². The lowest BCUT2D eigenvalue weighted by Gasteiger charge is -2.30. The van der Waals surface area contributed by atoms with Crippen LogP contribution in [0.1, 0.15) is 39.2 Å². The van der Waals surface area contributed by atoms with Gasteiger partial charge in [-0.25, -0.2) is 9.78 Å². The Labute approximate surface area is 196 Å². The van der Waals surface area contributed by atoms with Gasteiger partial charge in [-0.1, -0.05) is 12.1 Å². The molecule has 1 aliphatic rings. The van der Waals surface area contributed by atoms with Crippen LogP contribution in [-0.2, 0) is 4.74 Å². The average Bonchev–Trinajstić information content (AvgIpc) is 3.05. The third-order valence-corrected chi connectivity index (χ3v) is 5.88. The molecule has 0 unspecified atom stereocenters. The van der Waals surface area contributed by atoms with Gasteiger partial charge in [0, 0.05) is 22.7 Å². The van der Waals surface area contributed by atoms with Crippen molar-refractivity contribution < 1.29 is 14.3 Å². The van der Waals surface area contributed by atoms with E-state index < -0.39 is 6.09 Å². The molecule has 9 nitrogen and oxygen atoms in total. The summed E-state index contributed by atoms with van der Waals surface area (Å²) in [7, 11) is 0. The van der Waals surface area contributed by atoms with E-state index >= 15 is 0 Å². The van der Waals surface area contributed by atoms with Crippen molar-refractivity contribution in [2.45, 2.75) is 45.3 Å². The first kappa shape index (κ1) is 21.7. The summed E-state index contributed by atoms with van der Waals surface area (Å²) in [5.41, 5.74) is 11.1. The number of benzene rings is 2. The third-order valence-electron chi connectivity index (χ3n) is 5.88. The molecule has 1 aliphatic carbocycles. The van der Waals surface area contributed by atoms with Crippen LogP contribution in [0.15, 0.2) is 55.1 Å². The van der Waals surface area contributed by atoms with E-state index in [9.17, 15) is 4.79 Å². The SMILES string of the molecule is CC(C)OC(=O)Nc1ccc(-c2c(N)c3cc(Oc4ncncn4)ccc3n2C2CCC2)cc1. The van der Waals surface area contributed by atoms with Crippen LogP contribution in [0.25, 0.3) is 22.2 Å². The highest BCUT2D eigenvalue weighted by molar-refractivity contribution is 6.02. The Morgan fingerprint density at radius 2 is 1.85 bits per heavy atom. The van der Waals surface area contributed by atoms with Crippen LogP contribution in [0, 0.1) is 0 Å². The van der Waals surface area contributed by atoms with E-state index in [1.807, 2.05) is 56.3 Å². The number of amides is 1. The second-order valence-electron chi connectivity index (χ2n) is 8.58. The zero-order valence-electron chi connectivity index (χ0n) is 19.1. The molecule has 1 amide bonds. The zero-order valence-corrected chi connectivity index (χ0v) is 19.1. The minimum Gasteiger partial charge on any atom is -0.447 e. The summed E-state index contributed by atoms with van der Waals surface area (Å²) in [5.74, 6) is 0.603. The van der Waals surface area contributed by atoms with Gasteiger partial charge in [-0.2, -0.15) is 9.97 Å². The van der Waals surface area contributed by atoms with Crippen LogP contribution in [0.3, 0.4) is 0 Å². The second-order valence-corrected chi connectivity index (χ2v) is 8.58. The van der Waals surface area contributed by atoms with Crippen LogP contribution in [-0.4, -0.2) is 31.7 Å². The molecule has 4 aromatic rings. The predicted octanol–water partition coefficient (Wildman–Crippen LogP) is 5.55. The minimum atomic E-state index is -0.475. The molecule has 9 heteroatoms. The van der Waals surface area contributed by atoms with Crippen LogP contribution in [0.4, 0.5) is 16.2 Å². The number of fused-ring (bicyclic) bond motifs is 1. The molecule has 174 valence electrons. The Kier molecular flexibility index (Phi) is 5.75. The fourth-order valence-corrected chi connectivity index (χ4v) is 4.16. The summed E-state index contributed by atoms with van der Waals surface area (Å²) in [6, 6.07) is 14.1. The smallest absolute Gasteiger partial charge is 0.411 e. The van der Waals surface area contributed by atoms with E-state index in [-0.39, 0.29) is 12.1 Å². The maximum absolute atomic E-state index is 11.9. The number of anilines is 2. The molecule has 34 heavy (non-hydrogen) atoms. The van der Waals surface area contributed by atoms with Gasteiger partial charge in [-0.3, -0.25) is 5.32 Å². The summed E-state index contributed by atoms with van der Waals surface area (Å²) in [6.45, 7) is 3.62. The van der Waals surface area contributed by atoms with E-state index in [1.165, 1.54) is 19.1 Å². The summed E-state index contributed by atoms with van der Waals surface area (Å²) in [4.78, 5) is 23.8. The van der Waals surface area contributed by atoms with E-state index in [4.69, 9.17) is 15.2 Å². The molecular weight excluding hydrogens is 432 g/mol. The number of ether oxygens (including phenoxy) is 2. The van der Waals surface area contributed by atoms with Crippen LogP contribution in [0.2, 0.25) is 0 Å². The highest BCUT2D eigenvalue weighted by Crippen LogP contribution is 2.45. The molecule has 1 fully saturated rings. The first-order chi connectivity index (χ1) is 16.5. The number of carbonyl (C=O) groups excluding carboxylic acids is 1. The summed E-state index contributed by atoms with van der Waals surface area (Å²) < 4.78 is 13.3. The van der Waals surface area contributed by atoms with E-state index in [2.05, 4.69) is 24.8 Å². The first-order valence-electron chi connectivity index (χ1n) is 11.3. The van der Waals surface area contributed by atoms with E-state index in [1.54, 1.807) is 0 Å². The summed E-state index contributed by atoms with van der Waals surface area (Å²) in [6.07, 6.45) is 5.54. The Hall–Kier alpha value is -4.14. The van der Waals surface area contributed by atoms with Gasteiger partial charge < -0.3 is 19.8 Å². The third kappa shape index (κ3) is 4.24. The molecule has 2 heterocycles. The average molecular weight is 459 g/mol. The van der Waals surface area contributed by atoms with Gasteiger partial charge in [0.2, 0.25) is 0 Å². The van der Waals surface area contributed by atoms with Crippen molar-refractivity contribution in [3.05, 3.63) is 55.1 Å². The normalized spacial score (nSPS) is 13.6. The predicted molar refractivity (Wildman–Crippen MR) is 130 cm³/mol. The largest absolute Gasteiger partial charge is 0.447 e. The number of nitrogen functional groups attached to an aromatic ring is 1. The Balaban J connectivity index is 1.51. The quantitative estimate of drug-likeness (QED) is 0.389. The number of hydrogen-bond acceptors (Lipinski definition) is 7. The number of nitrogens with zero attached hydrogens (tertiary/aromatic N) is 4. The van der Waals surface area contributed by atoms with Crippen molar-refractivity contribution >= 4 is 28.4 Å². The first-order valence-corrected chi connectivity index (χ1v) is 11.3. The minimum absolute atomic E-state index is 0.184. The molecule has 3 N–H and O–H groups in total. The zero-order chi connectivity index (χ0) is 23.7. The van der Waals surface area contributed by atoms with Crippen molar-refractivity contribution in [1.29, 1.82) is 0 Å². The molecule has 0 bridgehead atoms. The molecule has 2 aromatic carbocycles. The number of rotatable bonds is 6. The molecule has 0 radical (unpaired) electrons. The van der Waals surface area contributed by atoms with Gasteiger partial charge in [-0.05, 0) is 63.4 Å². The molecule has 0 spiro atoms. The van der Waals surface area contributed by atoms with Crippen LogP contribution >= 0.6 is 0 Å². The Bertz CT molecular complexity index is 1310. The Morgan fingerprint density at radius 1 is 1.12 bits per heavy atom. The fraction of sp³-hybridized carbons (Fsp3) is 0.280. The summed E-state index contributed by atoms with van der Waals surface area (Å²) >= 11 is 0. The molecular formula is C25H26N6O3. The fourth-order valence-electron chi connectivity index (χ4n) is 4.16. The van der Waals surface area contributed by atoms with Crippen LogP contribution in [0.5, 0.6) is 11.8 Å². The van der Waals surface area contributed by atoms with Gasteiger partial charge >= 0.3 is 12.1 Å². The highest BCUT2D eigenvalue weighted by atomic mass is 16.6. The molecule has 1 saturated carbocycles. The van der Waals surface area contributed by atoms with E-state index in [0.29, 0.717) is 23.2 Å². The molecule has 5 rings (SSSR count). The topological polar surface area (TPSA) is 117 Å². The van der Waals surface area contributed by atoms with E-state index in [0.717, 1.165) is 35.0 Å². The molecule has 0 aliphatic heterocycles. The molecule has 0 saturated heterocycles. The van der Waals surface area contributed by atoms with Gasteiger partial charge in [0.25, 0.3) is 0 Å². The monoisotopic (exact) mass is 458 g/mol. The number of aromatic nitrogens is 4. The van der Waals surface area contributed by atoms with Crippen molar-refractivity contribution in [3.63, 3.8) is 0 Å². The van der Waals surface area contributed by atoms with Crippen molar-refractivity contribution in [3.8, 4) is 23.0 Å².